The van der Waals surface area contributed by atoms with E-state index in [-0.39, 0.29) is 42.5 Å². The molecule has 1 aromatic carbocycles. The van der Waals surface area contributed by atoms with Crippen LogP contribution in [-0.4, -0.2) is 68.5 Å². The number of hydrogen-bond acceptors (Lipinski definition) is 6. The van der Waals surface area contributed by atoms with Gasteiger partial charge < -0.3 is 25.0 Å². The van der Waals surface area contributed by atoms with E-state index in [1.54, 1.807) is 37.1 Å². The second kappa shape index (κ2) is 10.6. The summed E-state index contributed by atoms with van der Waals surface area (Å²) in [7, 11) is 1.62. The molecule has 8 nitrogen and oxygen atoms in total. The van der Waals surface area contributed by atoms with Gasteiger partial charge in [-0.1, -0.05) is 0 Å². The molecule has 3 rings (SSSR count). The summed E-state index contributed by atoms with van der Waals surface area (Å²) in [5.41, 5.74) is 1.09. The fourth-order valence-electron chi connectivity index (χ4n) is 3.47. The maximum absolute atomic E-state index is 12.9. The van der Waals surface area contributed by atoms with Crippen molar-refractivity contribution in [2.75, 3.05) is 45.2 Å². The predicted octanol–water partition coefficient (Wildman–Crippen LogP) is 1.49. The smallest absolute Gasteiger partial charge is 0.265 e. The van der Waals surface area contributed by atoms with Gasteiger partial charge in [0.15, 0.2) is 11.9 Å². The fraction of sp³-hybridized carbons (Fsp3) is 0.550. The highest BCUT2D eigenvalue weighted by Crippen LogP contribution is 2.32. The molecule has 1 atom stereocenters. The van der Waals surface area contributed by atoms with Crippen molar-refractivity contribution >= 4 is 35.7 Å². The highest BCUT2D eigenvalue weighted by Gasteiger charge is 2.29. The monoisotopic (exact) mass is 425 g/mol. The van der Waals surface area contributed by atoms with Gasteiger partial charge in [-0.25, -0.2) is 0 Å². The number of methoxy groups -OCH3 is 1. The SMILES string of the molecule is COCCNCC(=O)N1CCC(C(=O)c2ccc3c(c2)NC(=O)C(C)O3)CC1.Cl. The average Bonchev–Trinajstić information content (AvgIpc) is 2.71. The van der Waals surface area contributed by atoms with Crippen molar-refractivity contribution in [3.8, 4) is 5.75 Å². The molecule has 2 heterocycles. The van der Waals surface area contributed by atoms with Gasteiger partial charge in [-0.15, -0.1) is 12.4 Å². The first-order valence-electron chi connectivity index (χ1n) is 9.63. The van der Waals surface area contributed by atoms with E-state index in [0.717, 1.165) is 0 Å². The first kappa shape index (κ1) is 23.1. The van der Waals surface area contributed by atoms with Crippen LogP contribution in [0.1, 0.15) is 30.1 Å². The summed E-state index contributed by atoms with van der Waals surface area (Å²) in [6.07, 6.45) is 0.735. The largest absolute Gasteiger partial charge is 0.479 e. The number of nitrogens with zero attached hydrogens (tertiary/aromatic N) is 1. The Labute approximate surface area is 176 Å². The lowest BCUT2D eigenvalue weighted by Crippen LogP contribution is -2.44. The number of anilines is 1. The van der Waals surface area contributed by atoms with E-state index in [1.807, 2.05) is 0 Å². The first-order chi connectivity index (χ1) is 13.5. The fourth-order valence-corrected chi connectivity index (χ4v) is 3.47. The number of fused-ring (bicyclic) bond motifs is 1. The molecule has 1 unspecified atom stereocenters. The van der Waals surface area contributed by atoms with Crippen molar-refractivity contribution in [3.63, 3.8) is 0 Å². The Hall–Kier alpha value is -2.16. The van der Waals surface area contributed by atoms with Gasteiger partial charge in [0.05, 0.1) is 18.8 Å². The summed E-state index contributed by atoms with van der Waals surface area (Å²) in [5, 5.41) is 5.82. The molecule has 1 saturated heterocycles. The number of ketones is 1. The molecule has 0 saturated carbocycles. The van der Waals surface area contributed by atoms with Crippen LogP contribution in [0.2, 0.25) is 0 Å². The lowest BCUT2D eigenvalue weighted by Gasteiger charge is -2.31. The number of amides is 2. The van der Waals surface area contributed by atoms with Gasteiger partial charge in [0.1, 0.15) is 5.75 Å². The molecular formula is C20H28ClN3O5. The maximum atomic E-state index is 12.9. The van der Waals surface area contributed by atoms with Crippen LogP contribution in [0.5, 0.6) is 5.75 Å². The van der Waals surface area contributed by atoms with Crippen molar-refractivity contribution < 1.29 is 23.9 Å². The highest BCUT2D eigenvalue weighted by molar-refractivity contribution is 6.02. The predicted molar refractivity (Wildman–Crippen MR) is 111 cm³/mol. The molecule has 0 bridgehead atoms. The second-order valence-corrected chi connectivity index (χ2v) is 7.15. The zero-order chi connectivity index (χ0) is 20.1. The van der Waals surface area contributed by atoms with E-state index in [0.29, 0.717) is 56.1 Å². The number of hydrogen-bond donors (Lipinski definition) is 2. The molecule has 29 heavy (non-hydrogen) atoms. The summed E-state index contributed by atoms with van der Waals surface area (Å²) in [6.45, 7) is 4.31. The van der Waals surface area contributed by atoms with Crippen LogP contribution in [0, 0.1) is 5.92 Å². The number of nitrogens with one attached hydrogen (secondary N) is 2. The number of piperidine rings is 1. The molecule has 2 aliphatic heterocycles. The van der Waals surface area contributed by atoms with Crippen molar-refractivity contribution in [1.82, 2.24) is 10.2 Å². The number of rotatable bonds is 7. The minimum Gasteiger partial charge on any atom is -0.479 e. The third kappa shape index (κ3) is 5.68. The Morgan fingerprint density at radius 1 is 1.31 bits per heavy atom. The summed E-state index contributed by atoms with van der Waals surface area (Å²) < 4.78 is 10.5. The molecule has 2 aliphatic rings. The lowest BCUT2D eigenvalue weighted by molar-refractivity contribution is -0.131. The number of halogens is 1. The Balaban J connectivity index is 0.00000300. The number of carbonyl (C=O) groups excluding carboxylic acids is 3. The molecular weight excluding hydrogens is 398 g/mol. The maximum Gasteiger partial charge on any atom is 0.265 e. The summed E-state index contributed by atoms with van der Waals surface area (Å²) in [5.74, 6) is 0.321. The zero-order valence-electron chi connectivity index (χ0n) is 16.7. The van der Waals surface area contributed by atoms with Gasteiger partial charge in [-0.2, -0.15) is 0 Å². The van der Waals surface area contributed by atoms with Crippen LogP contribution in [0.15, 0.2) is 18.2 Å². The third-order valence-corrected chi connectivity index (χ3v) is 5.17. The van der Waals surface area contributed by atoms with Gasteiger partial charge in [0.2, 0.25) is 5.91 Å². The number of ether oxygens (including phenoxy) is 2. The van der Waals surface area contributed by atoms with Crippen LogP contribution >= 0.6 is 12.4 Å². The third-order valence-electron chi connectivity index (χ3n) is 5.17. The minimum atomic E-state index is -0.542. The van der Waals surface area contributed by atoms with Gasteiger partial charge in [0.25, 0.3) is 5.91 Å². The zero-order valence-corrected chi connectivity index (χ0v) is 17.5. The van der Waals surface area contributed by atoms with E-state index in [2.05, 4.69) is 10.6 Å². The van der Waals surface area contributed by atoms with Crippen LogP contribution in [0.25, 0.3) is 0 Å². The summed E-state index contributed by atoms with van der Waals surface area (Å²) in [6, 6.07) is 5.14. The van der Waals surface area contributed by atoms with Crippen LogP contribution in [-0.2, 0) is 14.3 Å². The lowest BCUT2D eigenvalue weighted by atomic mass is 9.88. The number of carbonyl (C=O) groups is 3. The van der Waals surface area contributed by atoms with Crippen molar-refractivity contribution in [2.24, 2.45) is 5.92 Å². The Morgan fingerprint density at radius 2 is 2.03 bits per heavy atom. The van der Waals surface area contributed by atoms with Crippen molar-refractivity contribution in [3.05, 3.63) is 23.8 Å². The highest BCUT2D eigenvalue weighted by atomic mass is 35.5. The summed E-state index contributed by atoms with van der Waals surface area (Å²) in [4.78, 5) is 38.7. The Kier molecular flexibility index (Phi) is 8.43. The van der Waals surface area contributed by atoms with Gasteiger partial charge in [0, 0.05) is 38.2 Å². The molecule has 0 aromatic heterocycles. The van der Waals surface area contributed by atoms with Gasteiger partial charge in [-0.3, -0.25) is 14.4 Å². The Morgan fingerprint density at radius 3 is 2.72 bits per heavy atom. The molecule has 0 radical (unpaired) electrons. The van der Waals surface area contributed by atoms with Gasteiger partial charge in [-0.05, 0) is 38.0 Å². The minimum absolute atomic E-state index is 0. The first-order valence-corrected chi connectivity index (χ1v) is 9.63. The quantitative estimate of drug-likeness (QED) is 0.507. The molecule has 1 fully saturated rings. The van der Waals surface area contributed by atoms with E-state index >= 15 is 0 Å². The van der Waals surface area contributed by atoms with Crippen molar-refractivity contribution in [1.29, 1.82) is 0 Å². The molecule has 160 valence electrons. The van der Waals surface area contributed by atoms with Crippen LogP contribution in [0.4, 0.5) is 5.69 Å². The van der Waals surface area contributed by atoms with Crippen molar-refractivity contribution in [2.45, 2.75) is 25.9 Å². The molecule has 0 aliphatic carbocycles. The molecule has 9 heteroatoms. The van der Waals surface area contributed by atoms with E-state index in [4.69, 9.17) is 9.47 Å². The number of Topliss-reactive ketones (excluding diaryl/α,β-unsaturated/α-hetero) is 1. The van der Waals surface area contributed by atoms with Crippen LogP contribution < -0.4 is 15.4 Å². The average molecular weight is 426 g/mol. The van der Waals surface area contributed by atoms with E-state index < -0.39 is 6.10 Å². The van der Waals surface area contributed by atoms with E-state index in [9.17, 15) is 14.4 Å². The standard InChI is InChI=1S/C20H27N3O5.ClH/c1-13-20(26)22-16-11-15(3-4-17(16)28-13)19(25)14-5-8-23(9-6-14)18(24)12-21-7-10-27-2;/h3-4,11,13-14,21H,5-10,12H2,1-2H3,(H,22,26);1H. The molecule has 2 N–H and O–H groups in total. The number of likely N-dealkylation sites (tertiary alicyclic amines) is 1. The molecule has 0 spiro atoms. The van der Waals surface area contributed by atoms with Gasteiger partial charge >= 0.3 is 0 Å². The summed E-state index contributed by atoms with van der Waals surface area (Å²) >= 11 is 0. The topological polar surface area (TPSA) is 97.0 Å². The second-order valence-electron chi connectivity index (χ2n) is 7.15. The normalized spacial score (nSPS) is 18.9. The Bertz CT molecular complexity index is 750. The molecule has 1 aromatic rings. The number of benzene rings is 1. The van der Waals surface area contributed by atoms with Crippen LogP contribution in [0.3, 0.4) is 0 Å². The van der Waals surface area contributed by atoms with E-state index in [1.165, 1.54) is 0 Å². The molecule has 2 amide bonds.